The number of hydrogen-bond acceptors (Lipinski definition) is 6. The number of aromatic nitrogens is 2. The molecule has 0 aliphatic carbocycles. The fourth-order valence-electron chi connectivity index (χ4n) is 2.04. The van der Waals surface area contributed by atoms with Gasteiger partial charge in [-0.15, -0.1) is 0 Å². The first-order valence-electron chi connectivity index (χ1n) is 7.15. The number of rotatable bonds is 2. The van der Waals surface area contributed by atoms with Crippen molar-refractivity contribution >= 4 is 6.09 Å². The number of halogens is 3. The van der Waals surface area contributed by atoms with E-state index in [9.17, 15) is 18.0 Å². The minimum absolute atomic E-state index is 0.0944. The van der Waals surface area contributed by atoms with Gasteiger partial charge in [0, 0.05) is 26.2 Å². The smallest absolute Gasteiger partial charge is 0.444 e. The lowest BCUT2D eigenvalue weighted by molar-refractivity contribution is -0.146. The summed E-state index contributed by atoms with van der Waals surface area (Å²) in [6.45, 7) is 7.31. The highest BCUT2D eigenvalue weighted by Gasteiger charge is 2.37. The molecular weight excluding hydrogens is 317 g/mol. The van der Waals surface area contributed by atoms with Gasteiger partial charge in [0.25, 0.3) is 5.82 Å². The Bertz CT molecular complexity index is 545. The fourth-order valence-corrected chi connectivity index (χ4v) is 2.04. The Labute approximate surface area is 131 Å². The molecule has 10 heteroatoms. The number of ether oxygens (including phenoxy) is 1. The number of hydrogen-bond donors (Lipinski definition) is 0. The first-order valence-corrected chi connectivity index (χ1v) is 7.15. The van der Waals surface area contributed by atoms with Crippen LogP contribution >= 0.6 is 0 Å². The zero-order valence-corrected chi connectivity index (χ0v) is 13.2. The maximum atomic E-state index is 12.4. The van der Waals surface area contributed by atoms with Crippen LogP contribution in [0.4, 0.5) is 18.0 Å². The van der Waals surface area contributed by atoms with E-state index in [-0.39, 0.29) is 12.4 Å². The average molecular weight is 336 g/mol. The molecule has 0 aromatic carbocycles. The third kappa shape index (κ3) is 5.08. The highest BCUT2D eigenvalue weighted by atomic mass is 19.4. The maximum absolute atomic E-state index is 12.4. The summed E-state index contributed by atoms with van der Waals surface area (Å²) in [5.41, 5.74) is -0.564. The van der Waals surface area contributed by atoms with Crippen molar-refractivity contribution in [1.29, 1.82) is 0 Å². The molecule has 0 N–H and O–H groups in total. The van der Waals surface area contributed by atoms with Crippen LogP contribution in [-0.2, 0) is 17.5 Å². The topological polar surface area (TPSA) is 71.7 Å². The second kappa shape index (κ2) is 6.34. The van der Waals surface area contributed by atoms with Gasteiger partial charge >= 0.3 is 12.3 Å². The van der Waals surface area contributed by atoms with Crippen molar-refractivity contribution in [3.05, 3.63) is 11.7 Å². The van der Waals surface area contributed by atoms with Gasteiger partial charge in [0.05, 0.1) is 6.54 Å². The third-order valence-corrected chi connectivity index (χ3v) is 3.10. The van der Waals surface area contributed by atoms with Gasteiger partial charge in [-0.05, 0) is 20.8 Å². The molecule has 0 bridgehead atoms. The van der Waals surface area contributed by atoms with E-state index in [2.05, 4.69) is 14.7 Å². The van der Waals surface area contributed by atoms with Gasteiger partial charge in [0.15, 0.2) is 0 Å². The normalized spacial score (nSPS) is 17.4. The van der Waals surface area contributed by atoms with Crippen LogP contribution in [0.1, 0.15) is 32.5 Å². The lowest BCUT2D eigenvalue weighted by Crippen LogP contribution is -2.49. The Balaban J connectivity index is 1.83. The van der Waals surface area contributed by atoms with Gasteiger partial charge in [-0.2, -0.15) is 18.2 Å². The molecule has 0 spiro atoms. The molecule has 1 aromatic rings. The van der Waals surface area contributed by atoms with Crippen LogP contribution in [0.5, 0.6) is 0 Å². The number of alkyl halides is 3. The Morgan fingerprint density at radius 3 is 2.30 bits per heavy atom. The van der Waals surface area contributed by atoms with E-state index in [0.717, 1.165) is 0 Å². The van der Waals surface area contributed by atoms with Crippen LogP contribution in [-0.4, -0.2) is 57.8 Å². The Kier molecular flexibility index (Phi) is 4.83. The molecule has 1 amide bonds. The highest BCUT2D eigenvalue weighted by Crippen LogP contribution is 2.26. The van der Waals surface area contributed by atoms with Crippen LogP contribution in [0.15, 0.2) is 4.52 Å². The molecule has 1 aliphatic rings. The molecule has 1 aromatic heterocycles. The fraction of sp³-hybridized carbons (Fsp3) is 0.769. The summed E-state index contributed by atoms with van der Waals surface area (Å²) in [7, 11) is 0. The second-order valence-electron chi connectivity index (χ2n) is 6.25. The van der Waals surface area contributed by atoms with Crippen molar-refractivity contribution in [1.82, 2.24) is 19.9 Å². The zero-order valence-electron chi connectivity index (χ0n) is 13.2. The largest absolute Gasteiger partial charge is 0.455 e. The van der Waals surface area contributed by atoms with Crippen LogP contribution in [0.3, 0.4) is 0 Å². The monoisotopic (exact) mass is 336 g/mol. The molecule has 1 fully saturated rings. The van der Waals surface area contributed by atoms with E-state index in [1.807, 2.05) is 4.90 Å². The maximum Gasteiger partial charge on any atom is 0.455 e. The van der Waals surface area contributed by atoms with E-state index in [0.29, 0.717) is 26.2 Å². The van der Waals surface area contributed by atoms with Crippen LogP contribution in [0, 0.1) is 0 Å². The molecule has 2 heterocycles. The number of carbonyl (C=O) groups excluding carboxylic acids is 1. The molecule has 0 unspecified atom stereocenters. The number of amides is 1. The predicted octanol–water partition coefficient (Wildman–Crippen LogP) is 2.14. The lowest BCUT2D eigenvalue weighted by atomic mass is 10.2. The summed E-state index contributed by atoms with van der Waals surface area (Å²) < 4.78 is 47.1. The summed E-state index contributed by atoms with van der Waals surface area (Å²) in [5, 5.41) is 2.91. The Morgan fingerprint density at radius 2 is 1.83 bits per heavy atom. The van der Waals surface area contributed by atoms with Crippen molar-refractivity contribution in [3.8, 4) is 0 Å². The molecule has 2 rings (SSSR count). The molecule has 7 nitrogen and oxygen atoms in total. The van der Waals surface area contributed by atoms with Crippen molar-refractivity contribution < 1.29 is 27.2 Å². The van der Waals surface area contributed by atoms with Crippen molar-refractivity contribution in [2.45, 2.75) is 39.1 Å². The van der Waals surface area contributed by atoms with Crippen LogP contribution in [0.25, 0.3) is 0 Å². The molecule has 0 saturated carbocycles. The minimum atomic E-state index is -4.61. The summed E-state index contributed by atoms with van der Waals surface area (Å²) in [4.78, 5) is 18.6. The van der Waals surface area contributed by atoms with Gasteiger partial charge in [0.2, 0.25) is 5.89 Å². The second-order valence-corrected chi connectivity index (χ2v) is 6.25. The predicted molar refractivity (Wildman–Crippen MR) is 72.4 cm³/mol. The number of piperazine rings is 1. The average Bonchev–Trinajstić information content (AvgIpc) is 2.86. The molecule has 0 atom stereocenters. The summed E-state index contributed by atoms with van der Waals surface area (Å²) >= 11 is 0. The summed E-state index contributed by atoms with van der Waals surface area (Å²) in [6.07, 6.45) is -5.01. The molecular formula is C13H19F3N4O3. The summed E-state index contributed by atoms with van der Waals surface area (Å²) in [5.74, 6) is -1.37. The van der Waals surface area contributed by atoms with Crippen LogP contribution < -0.4 is 0 Å². The van der Waals surface area contributed by atoms with E-state index < -0.39 is 23.7 Å². The zero-order chi connectivity index (χ0) is 17.3. The van der Waals surface area contributed by atoms with Crippen molar-refractivity contribution in [3.63, 3.8) is 0 Å². The highest BCUT2D eigenvalue weighted by molar-refractivity contribution is 5.68. The van der Waals surface area contributed by atoms with Gasteiger partial charge in [0.1, 0.15) is 5.60 Å². The van der Waals surface area contributed by atoms with Crippen LogP contribution in [0.2, 0.25) is 0 Å². The third-order valence-electron chi connectivity index (χ3n) is 3.10. The van der Waals surface area contributed by atoms with Crippen molar-refractivity contribution in [2.24, 2.45) is 0 Å². The minimum Gasteiger partial charge on any atom is -0.444 e. The number of carbonyl (C=O) groups is 1. The first kappa shape index (κ1) is 17.5. The Hall–Kier alpha value is -1.84. The molecule has 1 aliphatic heterocycles. The molecule has 1 saturated heterocycles. The number of nitrogens with zero attached hydrogens (tertiary/aromatic N) is 4. The Morgan fingerprint density at radius 1 is 1.22 bits per heavy atom. The van der Waals surface area contributed by atoms with Gasteiger partial charge in [-0.1, -0.05) is 5.16 Å². The molecule has 0 radical (unpaired) electrons. The lowest BCUT2D eigenvalue weighted by Gasteiger charge is -2.34. The van der Waals surface area contributed by atoms with Gasteiger partial charge < -0.3 is 14.2 Å². The molecule has 130 valence electrons. The molecule has 23 heavy (non-hydrogen) atoms. The van der Waals surface area contributed by atoms with Gasteiger partial charge in [-0.25, -0.2) is 4.79 Å². The SMILES string of the molecule is CC(C)(C)OC(=O)N1CCN(Cc2nc(C(F)(F)F)no2)CC1. The summed E-state index contributed by atoms with van der Waals surface area (Å²) in [6, 6.07) is 0. The van der Waals surface area contributed by atoms with E-state index in [1.165, 1.54) is 0 Å². The van der Waals surface area contributed by atoms with Gasteiger partial charge in [-0.3, -0.25) is 4.90 Å². The van der Waals surface area contributed by atoms with E-state index >= 15 is 0 Å². The quantitative estimate of drug-likeness (QED) is 0.824. The van der Waals surface area contributed by atoms with E-state index in [1.54, 1.807) is 25.7 Å². The first-order chi connectivity index (χ1) is 10.5. The van der Waals surface area contributed by atoms with E-state index in [4.69, 9.17) is 4.74 Å². The van der Waals surface area contributed by atoms with Crippen molar-refractivity contribution in [2.75, 3.05) is 26.2 Å². The standard InChI is InChI=1S/C13H19F3N4O3/c1-12(2,3)22-11(21)20-6-4-19(5-7-20)8-9-17-10(18-23-9)13(14,15)16/h4-8H2,1-3H3.